The molecule has 6 nitrogen and oxygen atoms in total. The third-order valence-corrected chi connectivity index (χ3v) is 5.27. The first-order chi connectivity index (χ1) is 13.8. The van der Waals surface area contributed by atoms with Crippen LogP contribution >= 0.6 is 0 Å². The molecule has 0 aromatic heterocycles. The highest BCUT2D eigenvalue weighted by Gasteiger charge is 2.20. The van der Waals surface area contributed by atoms with Crippen molar-refractivity contribution in [1.29, 1.82) is 0 Å². The number of hydrogen-bond acceptors (Lipinski definition) is 5. The molecule has 0 radical (unpaired) electrons. The van der Waals surface area contributed by atoms with Gasteiger partial charge in [-0.25, -0.2) is 13.2 Å². The lowest BCUT2D eigenvalue weighted by Gasteiger charge is -2.09. The highest BCUT2D eigenvalue weighted by atomic mass is 32.2. The Hall–Kier alpha value is -3.45. The van der Waals surface area contributed by atoms with E-state index in [1.54, 1.807) is 12.1 Å². The summed E-state index contributed by atoms with van der Waals surface area (Å²) in [6, 6.07) is 22.8. The fraction of sp³-hybridized carbons (Fsp3) is 0.0909. The van der Waals surface area contributed by atoms with E-state index in [2.05, 4.69) is 5.32 Å². The Morgan fingerprint density at radius 2 is 1.41 bits per heavy atom. The fourth-order valence-corrected chi connectivity index (χ4v) is 3.62. The zero-order valence-electron chi connectivity index (χ0n) is 15.7. The van der Waals surface area contributed by atoms with E-state index in [0.29, 0.717) is 5.69 Å². The van der Waals surface area contributed by atoms with Crippen LogP contribution in [0, 0.1) is 0 Å². The van der Waals surface area contributed by atoms with Crippen molar-refractivity contribution >= 4 is 27.4 Å². The summed E-state index contributed by atoms with van der Waals surface area (Å²) in [5.41, 5.74) is 2.52. The van der Waals surface area contributed by atoms with Crippen LogP contribution in [0.3, 0.4) is 0 Å². The molecule has 29 heavy (non-hydrogen) atoms. The molecule has 0 heterocycles. The van der Waals surface area contributed by atoms with Crippen LogP contribution in [0.4, 0.5) is 5.69 Å². The Morgan fingerprint density at radius 3 is 2.07 bits per heavy atom. The average molecular weight is 409 g/mol. The molecule has 0 aliphatic heterocycles. The van der Waals surface area contributed by atoms with E-state index in [-0.39, 0.29) is 10.5 Å². The molecule has 0 fully saturated rings. The van der Waals surface area contributed by atoms with Gasteiger partial charge in [0.05, 0.1) is 10.5 Å². The van der Waals surface area contributed by atoms with Crippen molar-refractivity contribution in [3.63, 3.8) is 0 Å². The monoisotopic (exact) mass is 409 g/mol. The topological polar surface area (TPSA) is 89.5 Å². The van der Waals surface area contributed by atoms with Gasteiger partial charge in [0, 0.05) is 11.9 Å². The van der Waals surface area contributed by atoms with E-state index in [1.165, 1.54) is 24.3 Å². The Morgan fingerprint density at radius 1 is 0.828 bits per heavy atom. The van der Waals surface area contributed by atoms with Gasteiger partial charge < -0.3 is 10.1 Å². The lowest BCUT2D eigenvalue weighted by atomic mass is 10.1. The number of carbonyl (C=O) groups is 2. The first-order valence-corrected chi connectivity index (χ1v) is 10.7. The predicted molar refractivity (Wildman–Crippen MR) is 110 cm³/mol. The van der Waals surface area contributed by atoms with Crippen LogP contribution in [0.25, 0.3) is 11.1 Å². The number of ether oxygens (including phenoxy) is 1. The quantitative estimate of drug-likeness (QED) is 0.629. The maximum Gasteiger partial charge on any atom is 0.339 e. The van der Waals surface area contributed by atoms with Gasteiger partial charge in [-0.15, -0.1) is 0 Å². The van der Waals surface area contributed by atoms with Crippen LogP contribution in [-0.4, -0.2) is 33.2 Å². The number of amides is 1. The molecule has 0 spiro atoms. The molecule has 3 rings (SSSR count). The highest BCUT2D eigenvalue weighted by Crippen LogP contribution is 2.21. The molecular weight excluding hydrogens is 390 g/mol. The van der Waals surface area contributed by atoms with Gasteiger partial charge in [-0.3, -0.25) is 4.79 Å². The summed E-state index contributed by atoms with van der Waals surface area (Å²) in [6.07, 6.45) is 1.00. The van der Waals surface area contributed by atoms with Crippen LogP contribution in [0.5, 0.6) is 0 Å². The molecule has 0 saturated carbocycles. The van der Waals surface area contributed by atoms with E-state index < -0.39 is 28.3 Å². The number of benzene rings is 3. The van der Waals surface area contributed by atoms with E-state index in [1.807, 2.05) is 42.5 Å². The number of rotatable bonds is 6. The van der Waals surface area contributed by atoms with E-state index in [4.69, 9.17) is 4.74 Å². The standard InChI is InChI=1S/C22H19NO5S/c1-29(26,27)20-10-6-5-9-19(20)22(25)28-15-21(24)23-18-13-11-17(12-14-18)16-7-3-2-4-8-16/h2-14H,15H2,1H3,(H,23,24). The van der Waals surface area contributed by atoms with Crippen LogP contribution in [-0.2, 0) is 19.4 Å². The maximum atomic E-state index is 12.2. The molecule has 0 atom stereocenters. The highest BCUT2D eigenvalue weighted by molar-refractivity contribution is 7.90. The average Bonchev–Trinajstić information content (AvgIpc) is 2.72. The van der Waals surface area contributed by atoms with Crippen molar-refractivity contribution in [1.82, 2.24) is 0 Å². The molecule has 0 saturated heterocycles. The second-order valence-electron chi connectivity index (χ2n) is 6.34. The number of nitrogens with one attached hydrogen (secondary N) is 1. The van der Waals surface area contributed by atoms with Crippen molar-refractivity contribution in [2.24, 2.45) is 0 Å². The van der Waals surface area contributed by atoms with Gasteiger partial charge >= 0.3 is 5.97 Å². The normalized spacial score (nSPS) is 10.9. The molecular formula is C22H19NO5S. The molecule has 0 aliphatic carbocycles. The van der Waals surface area contributed by atoms with Gasteiger partial charge in [-0.1, -0.05) is 54.6 Å². The zero-order valence-corrected chi connectivity index (χ0v) is 16.5. The van der Waals surface area contributed by atoms with Crippen molar-refractivity contribution in [3.8, 4) is 11.1 Å². The predicted octanol–water partition coefficient (Wildman–Crippen LogP) is 3.55. The Labute approximate surface area is 169 Å². The second-order valence-corrected chi connectivity index (χ2v) is 8.32. The molecule has 0 bridgehead atoms. The summed E-state index contributed by atoms with van der Waals surface area (Å²) in [7, 11) is -3.59. The summed E-state index contributed by atoms with van der Waals surface area (Å²) in [5, 5.41) is 2.64. The Balaban J connectivity index is 1.60. The van der Waals surface area contributed by atoms with Crippen molar-refractivity contribution < 1.29 is 22.7 Å². The minimum Gasteiger partial charge on any atom is -0.452 e. The first-order valence-electron chi connectivity index (χ1n) is 8.76. The van der Waals surface area contributed by atoms with Gasteiger partial charge in [0.25, 0.3) is 5.91 Å². The lowest BCUT2D eigenvalue weighted by molar-refractivity contribution is -0.119. The lowest BCUT2D eigenvalue weighted by Crippen LogP contribution is -2.21. The molecule has 1 N–H and O–H groups in total. The van der Waals surface area contributed by atoms with E-state index >= 15 is 0 Å². The van der Waals surface area contributed by atoms with Gasteiger partial charge in [0.2, 0.25) is 0 Å². The van der Waals surface area contributed by atoms with Gasteiger partial charge in [0.1, 0.15) is 0 Å². The van der Waals surface area contributed by atoms with Crippen molar-refractivity contribution in [2.75, 3.05) is 18.2 Å². The third-order valence-electron chi connectivity index (χ3n) is 4.12. The molecule has 148 valence electrons. The summed E-state index contributed by atoms with van der Waals surface area (Å²) in [6.45, 7) is -0.530. The van der Waals surface area contributed by atoms with Gasteiger partial charge in [-0.05, 0) is 35.4 Å². The first kappa shape index (κ1) is 20.3. The smallest absolute Gasteiger partial charge is 0.339 e. The van der Waals surface area contributed by atoms with Gasteiger partial charge in [-0.2, -0.15) is 0 Å². The number of esters is 1. The fourth-order valence-electron chi connectivity index (χ4n) is 2.74. The Bertz CT molecular complexity index is 1120. The van der Waals surface area contributed by atoms with Crippen molar-refractivity contribution in [3.05, 3.63) is 84.4 Å². The third kappa shape index (κ3) is 5.30. The summed E-state index contributed by atoms with van der Waals surface area (Å²) in [4.78, 5) is 24.1. The molecule has 1 amide bonds. The number of carbonyl (C=O) groups excluding carboxylic acids is 2. The summed E-state index contributed by atoms with van der Waals surface area (Å²) in [5.74, 6) is -1.40. The SMILES string of the molecule is CS(=O)(=O)c1ccccc1C(=O)OCC(=O)Nc1ccc(-c2ccccc2)cc1. The van der Waals surface area contributed by atoms with Crippen LogP contribution in [0.2, 0.25) is 0 Å². The van der Waals surface area contributed by atoms with Crippen LogP contribution in [0.15, 0.2) is 83.8 Å². The summed E-state index contributed by atoms with van der Waals surface area (Å²) < 4.78 is 28.5. The van der Waals surface area contributed by atoms with Crippen LogP contribution in [0.1, 0.15) is 10.4 Å². The summed E-state index contributed by atoms with van der Waals surface area (Å²) >= 11 is 0. The van der Waals surface area contributed by atoms with E-state index in [9.17, 15) is 18.0 Å². The molecule has 3 aromatic rings. The molecule has 7 heteroatoms. The van der Waals surface area contributed by atoms with Crippen molar-refractivity contribution in [2.45, 2.75) is 4.90 Å². The van der Waals surface area contributed by atoms with Crippen LogP contribution < -0.4 is 5.32 Å². The van der Waals surface area contributed by atoms with Gasteiger partial charge in [0.15, 0.2) is 16.4 Å². The molecule has 3 aromatic carbocycles. The largest absolute Gasteiger partial charge is 0.452 e. The minimum absolute atomic E-state index is 0.102. The Kier molecular flexibility index (Phi) is 6.09. The van der Waals surface area contributed by atoms with E-state index in [0.717, 1.165) is 17.4 Å². The maximum absolute atomic E-state index is 12.2. The number of hydrogen-bond donors (Lipinski definition) is 1. The second kappa shape index (κ2) is 8.70. The zero-order chi connectivity index (χ0) is 20.9. The molecule has 0 aliphatic rings. The number of anilines is 1. The number of sulfone groups is 1. The minimum atomic E-state index is -3.59. The molecule has 0 unspecified atom stereocenters.